The van der Waals surface area contributed by atoms with Crippen LogP contribution in [0.5, 0.6) is 0 Å². The predicted octanol–water partition coefficient (Wildman–Crippen LogP) is 1.95. The van der Waals surface area contributed by atoms with Crippen LogP contribution in [-0.2, 0) is 4.79 Å². The van der Waals surface area contributed by atoms with Gasteiger partial charge in [0, 0.05) is 6.04 Å². The first-order valence-corrected chi connectivity index (χ1v) is 6.51. The molecule has 0 bridgehead atoms. The molecule has 3 nitrogen and oxygen atoms in total. The largest absolute Gasteiger partial charge is 0.352 e. The minimum atomic E-state index is -0.563. The molecule has 1 unspecified atom stereocenters. The quantitative estimate of drug-likeness (QED) is 0.753. The summed E-state index contributed by atoms with van der Waals surface area (Å²) < 4.78 is 0. The molecule has 0 heterocycles. The second kappa shape index (κ2) is 4.02. The van der Waals surface area contributed by atoms with Crippen LogP contribution in [0, 0.1) is 5.41 Å². The van der Waals surface area contributed by atoms with E-state index in [1.54, 1.807) is 0 Å². The van der Waals surface area contributed by atoms with Crippen molar-refractivity contribution in [3.8, 4) is 0 Å². The smallest absolute Gasteiger partial charge is 0.240 e. The lowest BCUT2D eigenvalue weighted by Gasteiger charge is -2.25. The van der Waals surface area contributed by atoms with Gasteiger partial charge in [0.15, 0.2) is 0 Å². The number of hydrogen-bond donors (Lipinski definition) is 2. The first kappa shape index (κ1) is 11.9. The first-order valence-electron chi connectivity index (χ1n) is 6.51. The van der Waals surface area contributed by atoms with Gasteiger partial charge in [-0.25, -0.2) is 0 Å². The summed E-state index contributed by atoms with van der Waals surface area (Å²) in [6.45, 7) is 4.54. The molecule has 2 saturated carbocycles. The summed E-state index contributed by atoms with van der Waals surface area (Å²) in [7, 11) is 0. The second-order valence-electron chi connectivity index (χ2n) is 6.44. The molecule has 0 spiro atoms. The molecule has 0 saturated heterocycles. The molecule has 1 atom stereocenters. The number of nitrogens with one attached hydrogen (secondary N) is 1. The van der Waals surface area contributed by atoms with Crippen molar-refractivity contribution in [2.75, 3.05) is 0 Å². The molecule has 16 heavy (non-hydrogen) atoms. The van der Waals surface area contributed by atoms with E-state index in [0.717, 1.165) is 38.5 Å². The van der Waals surface area contributed by atoms with Gasteiger partial charge >= 0.3 is 0 Å². The number of hydrogen-bond acceptors (Lipinski definition) is 2. The zero-order valence-corrected chi connectivity index (χ0v) is 10.5. The van der Waals surface area contributed by atoms with Gasteiger partial charge in [-0.3, -0.25) is 4.79 Å². The Bertz CT molecular complexity index is 280. The first-order chi connectivity index (χ1) is 7.41. The van der Waals surface area contributed by atoms with Crippen molar-refractivity contribution in [3.63, 3.8) is 0 Å². The normalized spacial score (nSPS) is 31.6. The summed E-state index contributed by atoms with van der Waals surface area (Å²) in [5.74, 6) is 0.0905. The van der Waals surface area contributed by atoms with Crippen molar-refractivity contribution < 1.29 is 4.79 Å². The summed E-state index contributed by atoms with van der Waals surface area (Å²) in [5, 5.41) is 3.15. The third-order valence-electron chi connectivity index (χ3n) is 4.25. The standard InChI is InChI=1S/C13H24N2O/c1-12(2)8-5-10(9-12)15-11(16)13(14)6-3-4-7-13/h10H,3-9,14H2,1-2H3,(H,15,16). The van der Waals surface area contributed by atoms with Crippen LogP contribution in [0.3, 0.4) is 0 Å². The highest BCUT2D eigenvalue weighted by molar-refractivity contribution is 5.86. The SMILES string of the molecule is CC1(C)CCC(NC(=O)C2(N)CCCC2)C1. The Morgan fingerprint density at radius 1 is 1.25 bits per heavy atom. The molecule has 3 heteroatoms. The van der Waals surface area contributed by atoms with Gasteiger partial charge in [-0.1, -0.05) is 26.7 Å². The van der Waals surface area contributed by atoms with E-state index in [9.17, 15) is 4.79 Å². The summed E-state index contributed by atoms with van der Waals surface area (Å²) in [6, 6.07) is 0.350. The highest BCUT2D eigenvalue weighted by atomic mass is 16.2. The molecule has 0 aromatic heterocycles. The highest BCUT2D eigenvalue weighted by Crippen LogP contribution is 2.37. The average molecular weight is 224 g/mol. The maximum absolute atomic E-state index is 12.1. The Morgan fingerprint density at radius 2 is 1.88 bits per heavy atom. The van der Waals surface area contributed by atoms with E-state index in [1.807, 2.05) is 0 Å². The van der Waals surface area contributed by atoms with Crippen LogP contribution >= 0.6 is 0 Å². The maximum atomic E-state index is 12.1. The fourth-order valence-electron chi connectivity index (χ4n) is 3.12. The second-order valence-corrected chi connectivity index (χ2v) is 6.44. The third-order valence-corrected chi connectivity index (χ3v) is 4.25. The molecule has 2 rings (SSSR count). The van der Waals surface area contributed by atoms with Gasteiger partial charge in [0.2, 0.25) is 5.91 Å². The van der Waals surface area contributed by atoms with Crippen molar-refractivity contribution in [1.29, 1.82) is 0 Å². The number of rotatable bonds is 2. The summed E-state index contributed by atoms with van der Waals surface area (Å²) in [5.41, 5.74) is 5.96. The molecule has 0 radical (unpaired) electrons. The zero-order valence-electron chi connectivity index (χ0n) is 10.5. The lowest BCUT2D eigenvalue weighted by molar-refractivity contribution is -0.126. The van der Waals surface area contributed by atoms with E-state index >= 15 is 0 Å². The van der Waals surface area contributed by atoms with E-state index in [1.165, 1.54) is 6.42 Å². The molecule has 2 aliphatic rings. The minimum Gasteiger partial charge on any atom is -0.352 e. The van der Waals surface area contributed by atoms with Crippen molar-refractivity contribution >= 4 is 5.91 Å². The number of amides is 1. The van der Waals surface area contributed by atoms with E-state index in [2.05, 4.69) is 19.2 Å². The molecule has 0 aromatic rings. The topological polar surface area (TPSA) is 55.1 Å². The van der Waals surface area contributed by atoms with Crippen LogP contribution in [0.25, 0.3) is 0 Å². The minimum absolute atomic E-state index is 0.0905. The molecule has 0 aromatic carbocycles. The molecule has 3 N–H and O–H groups in total. The lowest BCUT2D eigenvalue weighted by Crippen LogP contribution is -2.54. The van der Waals surface area contributed by atoms with E-state index in [-0.39, 0.29) is 5.91 Å². The number of carbonyl (C=O) groups is 1. The van der Waals surface area contributed by atoms with Gasteiger partial charge in [0.25, 0.3) is 0 Å². The molecular weight excluding hydrogens is 200 g/mol. The van der Waals surface area contributed by atoms with Gasteiger partial charge in [-0.05, 0) is 37.5 Å². The Morgan fingerprint density at radius 3 is 2.38 bits per heavy atom. The van der Waals surface area contributed by atoms with Crippen molar-refractivity contribution in [2.45, 2.75) is 70.4 Å². The highest BCUT2D eigenvalue weighted by Gasteiger charge is 2.39. The summed E-state index contributed by atoms with van der Waals surface area (Å²) in [6.07, 6.45) is 7.31. The van der Waals surface area contributed by atoms with Gasteiger partial charge in [0.1, 0.15) is 0 Å². The molecule has 2 fully saturated rings. The maximum Gasteiger partial charge on any atom is 0.240 e. The molecule has 2 aliphatic carbocycles. The fraction of sp³-hybridized carbons (Fsp3) is 0.923. The zero-order chi connectivity index (χ0) is 11.8. The monoisotopic (exact) mass is 224 g/mol. The van der Waals surface area contributed by atoms with E-state index < -0.39 is 5.54 Å². The van der Waals surface area contributed by atoms with E-state index in [4.69, 9.17) is 5.73 Å². The Labute approximate surface area is 98.2 Å². The molecule has 92 valence electrons. The molecular formula is C13H24N2O. The van der Waals surface area contributed by atoms with Crippen LogP contribution in [0.1, 0.15) is 58.8 Å². The van der Waals surface area contributed by atoms with Gasteiger partial charge in [-0.15, -0.1) is 0 Å². The van der Waals surface area contributed by atoms with Crippen LogP contribution in [0.2, 0.25) is 0 Å². The Balaban J connectivity index is 1.88. The van der Waals surface area contributed by atoms with Crippen LogP contribution < -0.4 is 11.1 Å². The lowest BCUT2D eigenvalue weighted by atomic mass is 9.91. The van der Waals surface area contributed by atoms with Gasteiger partial charge < -0.3 is 11.1 Å². The average Bonchev–Trinajstić information content (AvgIpc) is 2.74. The van der Waals surface area contributed by atoms with Gasteiger partial charge in [-0.2, -0.15) is 0 Å². The van der Waals surface area contributed by atoms with Crippen LogP contribution in [0.4, 0.5) is 0 Å². The van der Waals surface area contributed by atoms with Gasteiger partial charge in [0.05, 0.1) is 5.54 Å². The van der Waals surface area contributed by atoms with Crippen molar-refractivity contribution in [2.24, 2.45) is 11.1 Å². The third kappa shape index (κ3) is 2.40. The van der Waals surface area contributed by atoms with Crippen LogP contribution in [-0.4, -0.2) is 17.5 Å². The Kier molecular flexibility index (Phi) is 2.99. The Hall–Kier alpha value is -0.570. The number of nitrogens with two attached hydrogens (primary N) is 1. The fourth-order valence-corrected chi connectivity index (χ4v) is 3.12. The van der Waals surface area contributed by atoms with E-state index in [0.29, 0.717) is 11.5 Å². The number of carbonyl (C=O) groups excluding carboxylic acids is 1. The molecule has 1 amide bonds. The predicted molar refractivity (Wildman–Crippen MR) is 64.9 cm³/mol. The molecule has 0 aliphatic heterocycles. The summed E-state index contributed by atoms with van der Waals surface area (Å²) in [4.78, 5) is 12.1. The van der Waals surface area contributed by atoms with Crippen molar-refractivity contribution in [1.82, 2.24) is 5.32 Å². The van der Waals surface area contributed by atoms with Crippen LogP contribution in [0.15, 0.2) is 0 Å². The van der Waals surface area contributed by atoms with Crippen molar-refractivity contribution in [3.05, 3.63) is 0 Å². The summed E-state index contributed by atoms with van der Waals surface area (Å²) >= 11 is 0.